The number of hydrogen-bond donors (Lipinski definition) is 0. The van der Waals surface area contributed by atoms with Crippen molar-refractivity contribution in [3.8, 4) is 5.69 Å². The Morgan fingerprint density at radius 2 is 1.53 bits per heavy atom. The maximum atomic E-state index is 13.8. The zero-order chi connectivity index (χ0) is 24.0. The molecule has 34 heavy (non-hydrogen) atoms. The molecule has 2 aromatic heterocycles. The van der Waals surface area contributed by atoms with E-state index in [1.54, 1.807) is 11.3 Å². The van der Waals surface area contributed by atoms with Crippen molar-refractivity contribution >= 4 is 21.6 Å². The van der Waals surface area contributed by atoms with Crippen molar-refractivity contribution in [3.05, 3.63) is 96.5 Å². The molecule has 1 aliphatic rings. The van der Waals surface area contributed by atoms with E-state index in [4.69, 9.17) is 0 Å². The van der Waals surface area contributed by atoms with Crippen LogP contribution in [0.5, 0.6) is 0 Å². The highest BCUT2D eigenvalue weighted by Gasteiger charge is 2.24. The molecule has 0 spiro atoms. The summed E-state index contributed by atoms with van der Waals surface area (Å²) >= 11 is 1.64. The van der Waals surface area contributed by atoms with E-state index in [9.17, 15) is 9.59 Å². The Kier molecular flexibility index (Phi) is 5.85. The van der Waals surface area contributed by atoms with Gasteiger partial charge in [0, 0.05) is 4.88 Å². The van der Waals surface area contributed by atoms with Crippen LogP contribution >= 0.6 is 11.3 Å². The van der Waals surface area contributed by atoms with Gasteiger partial charge in [0.05, 0.1) is 17.6 Å². The van der Waals surface area contributed by atoms with Crippen LogP contribution in [0.15, 0.2) is 58.1 Å². The summed E-state index contributed by atoms with van der Waals surface area (Å²) in [6.07, 6.45) is 5.06. The largest absolute Gasteiger partial charge is 0.337 e. The third kappa shape index (κ3) is 3.96. The van der Waals surface area contributed by atoms with E-state index in [-0.39, 0.29) is 16.7 Å². The van der Waals surface area contributed by atoms with Crippen LogP contribution in [0.4, 0.5) is 0 Å². The van der Waals surface area contributed by atoms with Gasteiger partial charge in [-0.3, -0.25) is 9.36 Å². The van der Waals surface area contributed by atoms with Crippen molar-refractivity contribution < 1.29 is 0 Å². The van der Waals surface area contributed by atoms with E-state index in [1.165, 1.54) is 20.6 Å². The molecular weight excluding hydrogens is 440 g/mol. The third-order valence-corrected chi connectivity index (χ3v) is 8.32. The van der Waals surface area contributed by atoms with Gasteiger partial charge in [-0.15, -0.1) is 11.3 Å². The molecule has 0 bridgehead atoms. The zero-order valence-corrected chi connectivity index (χ0v) is 21.3. The predicted molar refractivity (Wildman–Crippen MR) is 142 cm³/mol. The first kappa shape index (κ1) is 22.9. The fourth-order valence-corrected chi connectivity index (χ4v) is 6.28. The number of nitrogens with zero attached hydrogens (tertiary/aromatic N) is 2. The van der Waals surface area contributed by atoms with Gasteiger partial charge in [0.25, 0.3) is 5.56 Å². The molecule has 0 saturated carbocycles. The summed E-state index contributed by atoms with van der Waals surface area (Å²) in [6, 6.07) is 16.3. The summed E-state index contributed by atoms with van der Waals surface area (Å²) in [5, 5.41) is 0.741. The van der Waals surface area contributed by atoms with Crippen LogP contribution in [-0.2, 0) is 31.2 Å². The van der Waals surface area contributed by atoms with Crippen LogP contribution in [0.25, 0.3) is 15.9 Å². The Balaban J connectivity index is 1.72. The van der Waals surface area contributed by atoms with E-state index >= 15 is 0 Å². The van der Waals surface area contributed by atoms with Gasteiger partial charge in [-0.05, 0) is 71.9 Å². The molecule has 5 rings (SSSR count). The lowest BCUT2D eigenvalue weighted by Crippen LogP contribution is -2.39. The van der Waals surface area contributed by atoms with Gasteiger partial charge in [-0.1, -0.05) is 64.1 Å². The Morgan fingerprint density at radius 3 is 2.18 bits per heavy atom. The second-order valence-electron chi connectivity index (χ2n) is 10.4. The van der Waals surface area contributed by atoms with Crippen LogP contribution in [0.1, 0.15) is 67.7 Å². The molecule has 4 aromatic rings. The fourth-order valence-electron chi connectivity index (χ4n) is 4.91. The molecule has 0 fully saturated rings. The second kappa shape index (κ2) is 8.70. The molecule has 2 heterocycles. The maximum absolute atomic E-state index is 13.8. The molecule has 2 aromatic carbocycles. The predicted octanol–water partition coefficient (Wildman–Crippen LogP) is 6.00. The number of fused-ring (bicyclic) bond motifs is 3. The smallest absolute Gasteiger partial charge is 0.280 e. The zero-order valence-electron chi connectivity index (χ0n) is 20.5. The van der Waals surface area contributed by atoms with Crippen LogP contribution in [-0.4, -0.2) is 9.13 Å². The minimum atomic E-state index is -0.264. The highest BCUT2D eigenvalue weighted by atomic mass is 32.1. The number of rotatable bonds is 4. The summed E-state index contributed by atoms with van der Waals surface area (Å²) in [6.45, 7) is 9.15. The molecule has 0 N–H and O–H groups in total. The van der Waals surface area contributed by atoms with Crippen molar-refractivity contribution in [2.24, 2.45) is 0 Å². The van der Waals surface area contributed by atoms with Gasteiger partial charge < -0.3 is 0 Å². The summed E-state index contributed by atoms with van der Waals surface area (Å²) in [5.41, 5.74) is 4.95. The summed E-state index contributed by atoms with van der Waals surface area (Å²) in [7, 11) is 0. The van der Waals surface area contributed by atoms with E-state index in [0.717, 1.165) is 53.4 Å². The van der Waals surface area contributed by atoms with Crippen molar-refractivity contribution in [2.75, 3.05) is 0 Å². The molecule has 0 atom stereocenters. The van der Waals surface area contributed by atoms with Crippen molar-refractivity contribution in [1.82, 2.24) is 9.13 Å². The lowest BCUT2D eigenvalue weighted by Gasteiger charge is -2.19. The number of hydrogen-bond acceptors (Lipinski definition) is 3. The molecule has 0 amide bonds. The van der Waals surface area contributed by atoms with Crippen molar-refractivity contribution in [2.45, 2.75) is 71.8 Å². The van der Waals surface area contributed by atoms with Gasteiger partial charge in [0.2, 0.25) is 0 Å². The quantitative estimate of drug-likeness (QED) is 0.366. The third-order valence-electron chi connectivity index (χ3n) is 7.00. The first-order valence-corrected chi connectivity index (χ1v) is 13.1. The highest BCUT2D eigenvalue weighted by molar-refractivity contribution is 7.18. The number of thiophene rings is 1. The van der Waals surface area contributed by atoms with E-state index in [2.05, 4.69) is 52.0 Å². The maximum Gasteiger partial charge on any atom is 0.337 e. The van der Waals surface area contributed by atoms with Crippen molar-refractivity contribution in [3.63, 3.8) is 0 Å². The van der Waals surface area contributed by atoms with E-state index < -0.39 is 0 Å². The Labute approximate surface area is 204 Å². The normalized spacial score (nSPS) is 13.9. The van der Waals surface area contributed by atoms with Crippen LogP contribution < -0.4 is 11.2 Å². The lowest BCUT2D eigenvalue weighted by atomic mass is 9.87. The number of aromatic nitrogens is 2. The minimum absolute atomic E-state index is 0.0767. The number of benzene rings is 2. The van der Waals surface area contributed by atoms with Crippen molar-refractivity contribution in [1.29, 1.82) is 0 Å². The molecule has 1 aliphatic carbocycles. The van der Waals surface area contributed by atoms with Gasteiger partial charge in [-0.25, -0.2) is 9.36 Å². The van der Waals surface area contributed by atoms with Crippen LogP contribution in [0.3, 0.4) is 0 Å². The standard InChI is InChI=1S/C29H32N2O2S/c1-5-19-12-16-22(17-13-19)31-26(32)25-23-8-6-7-9-24(23)34-27(25)30(28(31)33)18-20-10-14-21(15-11-20)29(2,3)4/h10-17H,5-9,18H2,1-4H3. The van der Waals surface area contributed by atoms with Gasteiger partial charge in [0.15, 0.2) is 0 Å². The minimum Gasteiger partial charge on any atom is -0.280 e. The molecule has 4 nitrogen and oxygen atoms in total. The average molecular weight is 473 g/mol. The van der Waals surface area contributed by atoms with E-state index in [1.807, 2.05) is 28.8 Å². The molecule has 176 valence electrons. The summed E-state index contributed by atoms with van der Waals surface area (Å²) in [4.78, 5) is 29.7. The van der Waals surface area contributed by atoms with Gasteiger partial charge in [-0.2, -0.15) is 0 Å². The number of aryl methyl sites for hydroxylation is 3. The van der Waals surface area contributed by atoms with Gasteiger partial charge >= 0.3 is 5.69 Å². The Bertz CT molecular complexity index is 1460. The Morgan fingerprint density at radius 1 is 0.882 bits per heavy atom. The molecule has 0 unspecified atom stereocenters. The summed E-state index contributed by atoms with van der Waals surface area (Å²) in [5.74, 6) is 0. The molecule has 0 radical (unpaired) electrons. The molecule has 5 heteroatoms. The highest BCUT2D eigenvalue weighted by Crippen LogP contribution is 2.34. The second-order valence-corrected chi connectivity index (χ2v) is 11.5. The summed E-state index contributed by atoms with van der Waals surface area (Å²) < 4.78 is 3.20. The molecular formula is C29H32N2O2S. The first-order chi connectivity index (χ1) is 16.3. The van der Waals surface area contributed by atoms with Crippen LogP contribution in [0, 0.1) is 0 Å². The molecule has 0 aliphatic heterocycles. The molecule has 0 saturated heterocycles. The first-order valence-electron chi connectivity index (χ1n) is 12.3. The monoisotopic (exact) mass is 472 g/mol. The SMILES string of the molecule is CCc1ccc(-n2c(=O)c3c4c(sc3n(Cc3ccc(C(C)(C)C)cc3)c2=O)CCCC4)cc1. The lowest BCUT2D eigenvalue weighted by molar-refractivity contribution is 0.589. The average Bonchev–Trinajstić information content (AvgIpc) is 3.22. The van der Waals surface area contributed by atoms with Gasteiger partial charge in [0.1, 0.15) is 4.83 Å². The fraction of sp³-hybridized carbons (Fsp3) is 0.379. The van der Waals surface area contributed by atoms with Crippen LogP contribution in [0.2, 0.25) is 0 Å². The Hall–Kier alpha value is -2.92. The topological polar surface area (TPSA) is 44.0 Å². The van der Waals surface area contributed by atoms with E-state index in [0.29, 0.717) is 12.2 Å².